The Kier molecular flexibility index (Phi) is 5.73. The second-order valence-corrected chi connectivity index (χ2v) is 6.98. The maximum Gasteiger partial charge on any atom is 0.232 e. The fourth-order valence-electron chi connectivity index (χ4n) is 1.71. The maximum atomic E-state index is 4.38. The van der Waals surface area contributed by atoms with Gasteiger partial charge >= 0.3 is 0 Å². The fourth-order valence-corrected chi connectivity index (χ4v) is 3.30. The van der Waals surface area contributed by atoms with Gasteiger partial charge in [0.15, 0.2) is 4.34 Å². The minimum atomic E-state index is 0.609. The third-order valence-corrected chi connectivity index (χ3v) is 4.95. The first-order chi connectivity index (χ1) is 9.72. The molecule has 0 aliphatic carbocycles. The van der Waals surface area contributed by atoms with Crippen LogP contribution in [0.3, 0.4) is 0 Å². The van der Waals surface area contributed by atoms with Crippen molar-refractivity contribution in [3.63, 3.8) is 0 Å². The van der Waals surface area contributed by atoms with Crippen molar-refractivity contribution in [3.05, 3.63) is 35.4 Å². The Morgan fingerprint density at radius 3 is 2.65 bits per heavy atom. The minimum Gasteiger partial charge on any atom is -0.226 e. The number of hydrogen-bond acceptors (Lipinski definition) is 5. The van der Waals surface area contributed by atoms with Crippen LogP contribution in [0.15, 0.2) is 33.6 Å². The summed E-state index contributed by atoms with van der Waals surface area (Å²) in [6.07, 6.45) is 3.01. The summed E-state index contributed by atoms with van der Waals surface area (Å²) >= 11 is 3.23. The molecule has 0 bridgehead atoms. The average molecular weight is 305 g/mol. The van der Waals surface area contributed by atoms with Gasteiger partial charge in [-0.1, -0.05) is 68.1 Å². The molecule has 2 aromatic rings. The van der Waals surface area contributed by atoms with Crippen LogP contribution in [0, 0.1) is 0 Å². The van der Waals surface area contributed by atoms with Gasteiger partial charge in [-0.2, -0.15) is 0 Å². The van der Waals surface area contributed by atoms with Crippen molar-refractivity contribution in [3.8, 4) is 0 Å². The van der Waals surface area contributed by atoms with Crippen LogP contribution in [-0.2, 0) is 0 Å². The highest BCUT2D eigenvalue weighted by atomic mass is 32.2. The molecule has 0 aliphatic rings. The van der Waals surface area contributed by atoms with Crippen LogP contribution < -0.4 is 0 Å². The number of aliphatic imine (C=N–C) groups is 1. The molecule has 0 fully saturated rings. The predicted octanol–water partition coefficient (Wildman–Crippen LogP) is 4.91. The van der Waals surface area contributed by atoms with Gasteiger partial charge in [0.25, 0.3) is 0 Å². The van der Waals surface area contributed by atoms with E-state index in [0.29, 0.717) is 11.0 Å². The molecule has 1 aromatic heterocycles. The molecule has 2 rings (SSSR count). The Morgan fingerprint density at radius 2 is 2.00 bits per heavy atom. The van der Waals surface area contributed by atoms with Crippen LogP contribution in [0.5, 0.6) is 0 Å². The molecular formula is C15H19N3S2. The van der Waals surface area contributed by atoms with Crippen LogP contribution >= 0.6 is 23.1 Å². The van der Waals surface area contributed by atoms with Crippen LogP contribution in [-0.4, -0.2) is 22.2 Å². The van der Waals surface area contributed by atoms with Gasteiger partial charge in [-0.15, -0.1) is 10.2 Å². The highest BCUT2D eigenvalue weighted by Gasteiger charge is 2.03. The van der Waals surface area contributed by atoms with E-state index in [9.17, 15) is 0 Å². The van der Waals surface area contributed by atoms with Gasteiger partial charge in [-0.05, 0) is 29.2 Å². The average Bonchev–Trinajstić information content (AvgIpc) is 2.93. The summed E-state index contributed by atoms with van der Waals surface area (Å²) in [5.74, 6) is 1.62. The number of thioether (sulfide) groups is 1. The van der Waals surface area contributed by atoms with Gasteiger partial charge in [-0.3, -0.25) is 0 Å². The summed E-state index contributed by atoms with van der Waals surface area (Å²) in [5, 5.41) is 8.86. The van der Waals surface area contributed by atoms with Gasteiger partial charge in [-0.25, -0.2) is 4.99 Å². The Bertz CT molecular complexity index is 561. The summed E-state index contributed by atoms with van der Waals surface area (Å²) in [5.41, 5.74) is 2.47. The second-order valence-electron chi connectivity index (χ2n) is 4.52. The number of benzene rings is 1. The lowest BCUT2D eigenvalue weighted by Gasteiger charge is -2.08. The van der Waals surface area contributed by atoms with E-state index in [2.05, 4.69) is 60.2 Å². The molecule has 0 amide bonds. The SMILES string of the molecule is CCSc1nnc(/N=C/c2ccc(C(C)CC)cc2)s1. The molecule has 0 saturated heterocycles. The Labute approximate surface area is 128 Å². The molecular weight excluding hydrogens is 286 g/mol. The van der Waals surface area contributed by atoms with Crippen molar-refractivity contribution in [2.24, 2.45) is 4.99 Å². The summed E-state index contributed by atoms with van der Waals surface area (Å²) in [6.45, 7) is 6.56. The lowest BCUT2D eigenvalue weighted by atomic mass is 9.98. The number of hydrogen-bond donors (Lipinski definition) is 0. The minimum absolute atomic E-state index is 0.609. The predicted molar refractivity (Wildman–Crippen MR) is 88.7 cm³/mol. The number of aromatic nitrogens is 2. The molecule has 1 heterocycles. The molecule has 106 valence electrons. The normalized spacial score (nSPS) is 12.9. The third-order valence-electron chi connectivity index (χ3n) is 3.11. The first-order valence-electron chi connectivity index (χ1n) is 6.83. The fraction of sp³-hybridized carbons (Fsp3) is 0.400. The van der Waals surface area contributed by atoms with E-state index in [1.807, 2.05) is 6.21 Å². The standard InChI is InChI=1S/C15H19N3S2/c1-4-11(3)13-8-6-12(7-9-13)10-16-14-17-18-15(20-14)19-5-2/h6-11H,4-5H2,1-3H3/b16-10+. The summed E-state index contributed by atoms with van der Waals surface area (Å²) < 4.78 is 0.978. The first kappa shape index (κ1) is 15.2. The van der Waals surface area contributed by atoms with E-state index in [1.54, 1.807) is 11.8 Å². The molecule has 1 unspecified atom stereocenters. The van der Waals surface area contributed by atoms with Gasteiger partial charge in [0, 0.05) is 6.21 Å². The molecule has 1 atom stereocenters. The highest BCUT2D eigenvalue weighted by Crippen LogP contribution is 2.26. The van der Waals surface area contributed by atoms with Crippen molar-refractivity contribution >= 4 is 34.4 Å². The highest BCUT2D eigenvalue weighted by molar-refractivity contribution is 8.01. The van der Waals surface area contributed by atoms with Gasteiger partial charge in [0.1, 0.15) is 0 Å². The van der Waals surface area contributed by atoms with Crippen molar-refractivity contribution in [2.75, 3.05) is 5.75 Å². The van der Waals surface area contributed by atoms with E-state index in [0.717, 1.165) is 22.1 Å². The monoisotopic (exact) mass is 305 g/mol. The van der Waals surface area contributed by atoms with E-state index in [4.69, 9.17) is 0 Å². The van der Waals surface area contributed by atoms with Gasteiger partial charge < -0.3 is 0 Å². The van der Waals surface area contributed by atoms with Crippen LogP contribution in [0.4, 0.5) is 5.13 Å². The zero-order valence-electron chi connectivity index (χ0n) is 12.0. The van der Waals surface area contributed by atoms with E-state index >= 15 is 0 Å². The quantitative estimate of drug-likeness (QED) is 0.562. The van der Waals surface area contributed by atoms with E-state index in [-0.39, 0.29) is 0 Å². The molecule has 0 saturated carbocycles. The number of nitrogens with zero attached hydrogens (tertiary/aromatic N) is 3. The Morgan fingerprint density at radius 1 is 1.25 bits per heavy atom. The zero-order valence-corrected chi connectivity index (χ0v) is 13.7. The second kappa shape index (κ2) is 7.55. The van der Waals surface area contributed by atoms with Crippen molar-refractivity contribution < 1.29 is 0 Å². The van der Waals surface area contributed by atoms with Crippen molar-refractivity contribution in [1.29, 1.82) is 0 Å². The maximum absolute atomic E-state index is 4.38. The summed E-state index contributed by atoms with van der Waals surface area (Å²) in [7, 11) is 0. The molecule has 0 radical (unpaired) electrons. The van der Waals surface area contributed by atoms with Crippen LogP contribution in [0.2, 0.25) is 0 Å². The van der Waals surface area contributed by atoms with Gasteiger partial charge in [0.05, 0.1) is 0 Å². The first-order valence-corrected chi connectivity index (χ1v) is 8.63. The molecule has 20 heavy (non-hydrogen) atoms. The number of rotatable bonds is 6. The molecule has 5 heteroatoms. The van der Waals surface area contributed by atoms with E-state index < -0.39 is 0 Å². The molecule has 0 aliphatic heterocycles. The summed E-state index contributed by atoms with van der Waals surface area (Å²) in [6, 6.07) is 8.56. The third kappa shape index (κ3) is 4.15. The van der Waals surface area contributed by atoms with E-state index in [1.165, 1.54) is 16.9 Å². The Balaban J connectivity index is 2.03. The lowest BCUT2D eigenvalue weighted by molar-refractivity contribution is 0.733. The molecule has 0 N–H and O–H groups in total. The molecule has 1 aromatic carbocycles. The lowest BCUT2D eigenvalue weighted by Crippen LogP contribution is -1.91. The van der Waals surface area contributed by atoms with Crippen molar-refractivity contribution in [1.82, 2.24) is 10.2 Å². The molecule has 3 nitrogen and oxygen atoms in total. The van der Waals surface area contributed by atoms with Crippen molar-refractivity contribution in [2.45, 2.75) is 37.4 Å². The van der Waals surface area contributed by atoms with Crippen LogP contribution in [0.25, 0.3) is 0 Å². The summed E-state index contributed by atoms with van der Waals surface area (Å²) in [4.78, 5) is 4.38. The molecule has 0 spiro atoms. The zero-order chi connectivity index (χ0) is 14.4. The topological polar surface area (TPSA) is 38.1 Å². The van der Waals surface area contributed by atoms with Crippen LogP contribution in [0.1, 0.15) is 44.2 Å². The smallest absolute Gasteiger partial charge is 0.226 e. The largest absolute Gasteiger partial charge is 0.232 e. The Hall–Kier alpha value is -1.20. The van der Waals surface area contributed by atoms with Gasteiger partial charge in [0.2, 0.25) is 5.13 Å².